The average Bonchev–Trinajstić information content (AvgIpc) is 2.83. The van der Waals surface area contributed by atoms with E-state index in [9.17, 15) is 0 Å². The molecule has 0 aliphatic heterocycles. The monoisotopic (exact) mass is 219 g/mol. The number of anilines is 1. The molecule has 2 aromatic rings. The van der Waals surface area contributed by atoms with Crippen molar-refractivity contribution in [3.8, 4) is 0 Å². The molecule has 2 aromatic heterocycles. The van der Waals surface area contributed by atoms with Gasteiger partial charge in [0.2, 0.25) is 0 Å². The lowest BCUT2D eigenvalue weighted by molar-refractivity contribution is 0.532. The van der Waals surface area contributed by atoms with Gasteiger partial charge in [-0.3, -0.25) is 9.36 Å². The number of aromatic nitrogens is 4. The van der Waals surface area contributed by atoms with Crippen molar-refractivity contribution < 1.29 is 0 Å². The Balaban J connectivity index is 1.97. The normalized spacial score (nSPS) is 11.0. The summed E-state index contributed by atoms with van der Waals surface area (Å²) in [4.78, 5) is 0. The SMILES string of the molecule is CC(C)n1cc(CNc2ccnn2C)cn1. The number of nitrogens with zero attached hydrogens (tertiary/aromatic N) is 4. The first kappa shape index (κ1) is 10.7. The van der Waals surface area contributed by atoms with Crippen molar-refractivity contribution in [3.63, 3.8) is 0 Å². The van der Waals surface area contributed by atoms with Crippen molar-refractivity contribution >= 4 is 5.82 Å². The molecular weight excluding hydrogens is 202 g/mol. The predicted molar refractivity (Wildman–Crippen MR) is 63.1 cm³/mol. The Hall–Kier alpha value is -1.78. The standard InChI is InChI=1S/C11H17N5/c1-9(2)16-8-10(7-14-16)6-12-11-4-5-13-15(11)3/h4-5,7-9,12H,6H2,1-3H3. The summed E-state index contributed by atoms with van der Waals surface area (Å²) in [5.41, 5.74) is 1.18. The molecule has 16 heavy (non-hydrogen) atoms. The zero-order valence-electron chi connectivity index (χ0n) is 9.88. The Kier molecular flexibility index (Phi) is 2.94. The summed E-state index contributed by atoms with van der Waals surface area (Å²) in [6.45, 7) is 5.00. The van der Waals surface area contributed by atoms with E-state index in [1.807, 2.05) is 28.7 Å². The molecule has 0 fully saturated rings. The van der Waals surface area contributed by atoms with E-state index in [-0.39, 0.29) is 0 Å². The molecule has 0 aromatic carbocycles. The van der Waals surface area contributed by atoms with Crippen molar-refractivity contribution in [1.82, 2.24) is 19.6 Å². The first-order chi connectivity index (χ1) is 7.66. The van der Waals surface area contributed by atoms with E-state index in [0.717, 1.165) is 12.4 Å². The third kappa shape index (κ3) is 2.24. The Bertz CT molecular complexity index is 454. The van der Waals surface area contributed by atoms with Crippen molar-refractivity contribution in [2.24, 2.45) is 7.05 Å². The van der Waals surface area contributed by atoms with Gasteiger partial charge < -0.3 is 5.32 Å². The third-order valence-corrected chi connectivity index (χ3v) is 2.48. The highest BCUT2D eigenvalue weighted by Gasteiger charge is 2.02. The van der Waals surface area contributed by atoms with Crippen LogP contribution in [0.25, 0.3) is 0 Å². The van der Waals surface area contributed by atoms with Crippen LogP contribution in [0.15, 0.2) is 24.7 Å². The second kappa shape index (κ2) is 4.38. The minimum Gasteiger partial charge on any atom is -0.366 e. The molecular formula is C11H17N5. The smallest absolute Gasteiger partial charge is 0.124 e. The van der Waals surface area contributed by atoms with Crippen molar-refractivity contribution in [1.29, 1.82) is 0 Å². The molecule has 86 valence electrons. The molecule has 0 aliphatic carbocycles. The van der Waals surface area contributed by atoms with Crippen LogP contribution >= 0.6 is 0 Å². The molecule has 0 aliphatic rings. The van der Waals surface area contributed by atoms with Crippen molar-refractivity contribution in [3.05, 3.63) is 30.2 Å². The summed E-state index contributed by atoms with van der Waals surface area (Å²) in [6, 6.07) is 2.36. The fraction of sp³-hybridized carbons (Fsp3) is 0.455. The summed E-state index contributed by atoms with van der Waals surface area (Å²) in [6.07, 6.45) is 5.73. The van der Waals surface area contributed by atoms with Crippen LogP contribution < -0.4 is 5.32 Å². The second-order valence-corrected chi connectivity index (χ2v) is 4.12. The third-order valence-electron chi connectivity index (χ3n) is 2.48. The maximum absolute atomic E-state index is 4.29. The summed E-state index contributed by atoms with van der Waals surface area (Å²) in [5, 5.41) is 11.7. The predicted octanol–water partition coefficient (Wildman–Crippen LogP) is 1.81. The van der Waals surface area contributed by atoms with Gasteiger partial charge in [-0.25, -0.2) is 0 Å². The quantitative estimate of drug-likeness (QED) is 0.853. The summed E-state index contributed by atoms with van der Waals surface area (Å²) >= 11 is 0. The van der Waals surface area contributed by atoms with E-state index in [4.69, 9.17) is 0 Å². The Morgan fingerprint density at radius 3 is 2.75 bits per heavy atom. The molecule has 0 spiro atoms. The van der Waals surface area contributed by atoms with E-state index in [1.54, 1.807) is 6.20 Å². The minimum atomic E-state index is 0.408. The van der Waals surface area contributed by atoms with E-state index < -0.39 is 0 Å². The molecule has 0 saturated carbocycles. The molecule has 2 heterocycles. The molecule has 0 amide bonds. The molecule has 0 bridgehead atoms. The maximum atomic E-state index is 4.29. The topological polar surface area (TPSA) is 47.7 Å². The minimum absolute atomic E-state index is 0.408. The number of nitrogens with one attached hydrogen (secondary N) is 1. The van der Waals surface area contributed by atoms with Crippen molar-refractivity contribution in [2.75, 3.05) is 5.32 Å². The van der Waals surface area contributed by atoms with Gasteiger partial charge in [-0.05, 0) is 13.8 Å². The second-order valence-electron chi connectivity index (χ2n) is 4.12. The van der Waals surface area contributed by atoms with Crippen LogP contribution in [0.5, 0.6) is 0 Å². The fourth-order valence-corrected chi connectivity index (χ4v) is 1.49. The van der Waals surface area contributed by atoms with Gasteiger partial charge in [-0.1, -0.05) is 0 Å². The Labute approximate surface area is 95.1 Å². The molecule has 0 saturated heterocycles. The van der Waals surface area contributed by atoms with E-state index >= 15 is 0 Å². The van der Waals surface area contributed by atoms with Crippen LogP contribution in [0.4, 0.5) is 5.82 Å². The lowest BCUT2D eigenvalue weighted by atomic mass is 10.3. The van der Waals surface area contributed by atoms with Gasteiger partial charge in [0, 0.05) is 37.5 Å². The Morgan fingerprint density at radius 2 is 2.19 bits per heavy atom. The van der Waals surface area contributed by atoms with Crippen LogP contribution in [0, 0.1) is 0 Å². The number of aryl methyl sites for hydroxylation is 1. The van der Waals surface area contributed by atoms with E-state index in [1.165, 1.54) is 5.56 Å². The summed E-state index contributed by atoms with van der Waals surface area (Å²) in [7, 11) is 1.92. The fourth-order valence-electron chi connectivity index (χ4n) is 1.49. The van der Waals surface area contributed by atoms with E-state index in [0.29, 0.717) is 6.04 Å². The van der Waals surface area contributed by atoms with Gasteiger partial charge in [0.1, 0.15) is 5.82 Å². The highest BCUT2D eigenvalue weighted by molar-refractivity contribution is 5.34. The largest absolute Gasteiger partial charge is 0.366 e. The number of rotatable bonds is 4. The van der Waals surface area contributed by atoms with Crippen LogP contribution in [0.3, 0.4) is 0 Å². The van der Waals surface area contributed by atoms with Gasteiger partial charge in [0.15, 0.2) is 0 Å². The molecule has 0 radical (unpaired) electrons. The highest BCUT2D eigenvalue weighted by Crippen LogP contribution is 2.09. The highest BCUT2D eigenvalue weighted by atomic mass is 15.3. The summed E-state index contributed by atoms with van der Waals surface area (Å²) < 4.78 is 3.77. The van der Waals surface area contributed by atoms with Crippen LogP contribution in [-0.4, -0.2) is 19.6 Å². The van der Waals surface area contributed by atoms with Crippen LogP contribution in [0.2, 0.25) is 0 Å². The Morgan fingerprint density at radius 1 is 1.38 bits per heavy atom. The van der Waals surface area contributed by atoms with Gasteiger partial charge in [0.05, 0.1) is 12.4 Å². The average molecular weight is 219 g/mol. The summed E-state index contributed by atoms with van der Waals surface area (Å²) in [5.74, 6) is 1.01. The van der Waals surface area contributed by atoms with Crippen molar-refractivity contribution in [2.45, 2.75) is 26.4 Å². The number of hydrogen-bond donors (Lipinski definition) is 1. The molecule has 2 rings (SSSR count). The lowest BCUT2D eigenvalue weighted by Gasteiger charge is -2.05. The van der Waals surface area contributed by atoms with Gasteiger partial charge in [-0.2, -0.15) is 10.2 Å². The maximum Gasteiger partial charge on any atom is 0.124 e. The zero-order valence-corrected chi connectivity index (χ0v) is 9.88. The molecule has 0 atom stereocenters. The molecule has 0 unspecified atom stereocenters. The zero-order chi connectivity index (χ0) is 11.5. The first-order valence-electron chi connectivity index (χ1n) is 5.41. The molecule has 1 N–H and O–H groups in total. The first-order valence-corrected chi connectivity index (χ1v) is 5.41. The molecule has 5 heteroatoms. The van der Waals surface area contributed by atoms with Crippen LogP contribution in [0.1, 0.15) is 25.5 Å². The van der Waals surface area contributed by atoms with E-state index in [2.05, 4.69) is 35.6 Å². The lowest BCUT2D eigenvalue weighted by Crippen LogP contribution is -2.04. The van der Waals surface area contributed by atoms with Gasteiger partial charge in [0.25, 0.3) is 0 Å². The molecule has 5 nitrogen and oxygen atoms in total. The van der Waals surface area contributed by atoms with Gasteiger partial charge in [-0.15, -0.1) is 0 Å². The van der Waals surface area contributed by atoms with Crippen LogP contribution in [-0.2, 0) is 13.6 Å². The number of hydrogen-bond acceptors (Lipinski definition) is 3. The van der Waals surface area contributed by atoms with Gasteiger partial charge >= 0.3 is 0 Å².